The Morgan fingerprint density at radius 3 is 1.94 bits per heavy atom. The van der Waals surface area contributed by atoms with Gasteiger partial charge in [0.2, 0.25) is 0 Å². The lowest BCUT2D eigenvalue weighted by molar-refractivity contribution is -0.119. The van der Waals surface area contributed by atoms with Crippen LogP contribution >= 0.6 is 0 Å². The monoisotopic (exact) mass is 469 g/mol. The van der Waals surface area contributed by atoms with Gasteiger partial charge >= 0.3 is 0 Å². The van der Waals surface area contributed by atoms with Crippen LogP contribution in [-0.2, 0) is 14.6 Å². The Kier molecular flexibility index (Phi) is 6.05. The summed E-state index contributed by atoms with van der Waals surface area (Å²) in [4.78, 5) is 18.5. The van der Waals surface area contributed by atoms with Crippen molar-refractivity contribution in [2.24, 2.45) is 10.9 Å². The second kappa shape index (κ2) is 9.15. The van der Waals surface area contributed by atoms with Gasteiger partial charge in [-0.15, -0.1) is 0 Å². The summed E-state index contributed by atoms with van der Waals surface area (Å²) in [6.45, 7) is 1.83. The Morgan fingerprint density at radius 1 is 0.794 bits per heavy atom. The van der Waals surface area contributed by atoms with E-state index in [0.717, 1.165) is 53.8 Å². The van der Waals surface area contributed by atoms with Gasteiger partial charge in [0, 0.05) is 22.7 Å². The lowest BCUT2D eigenvalue weighted by Crippen LogP contribution is -2.25. The summed E-state index contributed by atoms with van der Waals surface area (Å²) in [6, 6.07) is 24.8. The number of allylic oxidation sites excluding steroid dienone is 2. The van der Waals surface area contributed by atoms with Crippen molar-refractivity contribution in [3.05, 3.63) is 101 Å². The van der Waals surface area contributed by atoms with Crippen LogP contribution in [-0.4, -0.2) is 25.7 Å². The van der Waals surface area contributed by atoms with Crippen molar-refractivity contribution in [1.82, 2.24) is 0 Å². The number of hydrogen-bond donors (Lipinski definition) is 0. The maximum Gasteiger partial charge on any atom is 0.185 e. The molecule has 172 valence electrons. The van der Waals surface area contributed by atoms with Crippen molar-refractivity contribution >= 4 is 21.3 Å². The van der Waals surface area contributed by atoms with E-state index < -0.39 is 21.5 Å². The molecule has 0 aliphatic heterocycles. The third kappa shape index (κ3) is 4.16. The summed E-state index contributed by atoms with van der Waals surface area (Å²) in [7, 11) is -3.67. The lowest BCUT2D eigenvalue weighted by atomic mass is 9.86. The smallest absolute Gasteiger partial charge is 0.185 e. The fraction of sp³-hybridized carbons (Fsp3) is 0.241. The number of Topliss-reactive ketones (excluding diaryl/α,β-unsaturated/α-hetero) is 1. The molecule has 2 aliphatic carbocycles. The molecule has 0 N–H and O–H groups in total. The quantitative estimate of drug-likeness (QED) is 0.347. The standard InChI is InChI=1S/C29H27NO3S/c1-20(28(31)19-34(32,33)21-11-3-2-4-12-21)22-13-9-10-18-27(22)30-29-25-16-7-5-14-23(25)24-15-6-8-17-26(24)29/h2-8,11-12,14-17,20H,9-10,13,18-19H2,1H3. The highest BCUT2D eigenvalue weighted by atomic mass is 32.2. The van der Waals surface area contributed by atoms with Gasteiger partial charge in [-0.25, -0.2) is 8.42 Å². The Hall–Kier alpha value is -3.31. The molecule has 3 aromatic carbocycles. The first kappa shape index (κ1) is 22.5. The van der Waals surface area contributed by atoms with Gasteiger partial charge < -0.3 is 0 Å². The maximum absolute atomic E-state index is 13.1. The minimum Gasteiger partial charge on any atom is -0.298 e. The molecule has 0 saturated carbocycles. The zero-order chi connectivity index (χ0) is 23.7. The van der Waals surface area contributed by atoms with E-state index in [0.29, 0.717) is 0 Å². The second-order valence-electron chi connectivity index (χ2n) is 8.99. The third-order valence-corrected chi connectivity index (χ3v) is 8.48. The Labute approximate surface area is 201 Å². The minimum atomic E-state index is -3.67. The van der Waals surface area contributed by atoms with Crippen LogP contribution in [0, 0.1) is 5.92 Å². The Balaban J connectivity index is 1.51. The number of carbonyl (C=O) groups is 1. The summed E-state index contributed by atoms with van der Waals surface area (Å²) < 4.78 is 25.6. The van der Waals surface area contributed by atoms with E-state index in [-0.39, 0.29) is 10.7 Å². The largest absolute Gasteiger partial charge is 0.298 e. The van der Waals surface area contributed by atoms with E-state index in [4.69, 9.17) is 4.99 Å². The van der Waals surface area contributed by atoms with Crippen molar-refractivity contribution < 1.29 is 13.2 Å². The van der Waals surface area contributed by atoms with Crippen LogP contribution in [0.1, 0.15) is 43.7 Å². The predicted octanol–water partition coefficient (Wildman–Crippen LogP) is 6.01. The summed E-state index contributed by atoms with van der Waals surface area (Å²) in [5.74, 6) is -1.24. The molecule has 4 nitrogen and oxygen atoms in total. The van der Waals surface area contributed by atoms with Crippen LogP contribution in [0.15, 0.2) is 100 Å². The van der Waals surface area contributed by atoms with Crippen LogP contribution < -0.4 is 0 Å². The lowest BCUT2D eigenvalue weighted by Gasteiger charge is -2.23. The van der Waals surface area contributed by atoms with Gasteiger partial charge in [0.25, 0.3) is 0 Å². The maximum atomic E-state index is 13.1. The molecule has 0 saturated heterocycles. The number of carbonyl (C=O) groups excluding carboxylic acids is 1. The number of sulfone groups is 1. The summed E-state index contributed by atoms with van der Waals surface area (Å²) in [5, 5.41) is 0. The van der Waals surface area contributed by atoms with Crippen LogP contribution in [0.25, 0.3) is 11.1 Å². The number of rotatable bonds is 6. The zero-order valence-corrected chi connectivity index (χ0v) is 20.0. The van der Waals surface area contributed by atoms with E-state index in [9.17, 15) is 13.2 Å². The summed E-state index contributed by atoms with van der Waals surface area (Å²) >= 11 is 0. The van der Waals surface area contributed by atoms with Crippen molar-refractivity contribution in [1.29, 1.82) is 0 Å². The third-order valence-electron chi connectivity index (χ3n) is 6.82. The van der Waals surface area contributed by atoms with Gasteiger partial charge in [-0.05, 0) is 54.5 Å². The number of aliphatic imine (C=N–C) groups is 1. The first-order chi connectivity index (χ1) is 16.5. The summed E-state index contributed by atoms with van der Waals surface area (Å²) in [6.07, 6.45) is 3.57. The van der Waals surface area contributed by atoms with Gasteiger partial charge in [0.15, 0.2) is 15.6 Å². The molecule has 5 rings (SSSR count). The molecule has 0 bridgehead atoms. The van der Waals surface area contributed by atoms with E-state index in [1.165, 1.54) is 11.1 Å². The summed E-state index contributed by atoms with van der Waals surface area (Å²) in [5.41, 5.74) is 7.41. The number of ketones is 1. The number of hydrogen-bond acceptors (Lipinski definition) is 4. The second-order valence-corrected chi connectivity index (χ2v) is 11.0. The first-order valence-corrected chi connectivity index (χ1v) is 13.4. The van der Waals surface area contributed by atoms with Crippen molar-refractivity contribution in [2.75, 3.05) is 5.75 Å². The molecule has 0 heterocycles. The van der Waals surface area contributed by atoms with Crippen molar-refractivity contribution in [3.8, 4) is 11.1 Å². The fourth-order valence-electron chi connectivity index (χ4n) is 4.97. The molecule has 34 heavy (non-hydrogen) atoms. The number of benzene rings is 3. The molecule has 1 atom stereocenters. The Morgan fingerprint density at radius 2 is 1.32 bits per heavy atom. The van der Waals surface area contributed by atoms with Gasteiger partial charge in [-0.1, -0.05) is 73.7 Å². The highest BCUT2D eigenvalue weighted by Crippen LogP contribution is 2.39. The topological polar surface area (TPSA) is 63.6 Å². The van der Waals surface area contributed by atoms with Gasteiger partial charge in [-0.3, -0.25) is 9.79 Å². The zero-order valence-electron chi connectivity index (χ0n) is 19.2. The molecule has 0 spiro atoms. The molecule has 0 fully saturated rings. The highest BCUT2D eigenvalue weighted by Gasteiger charge is 2.29. The molecule has 0 amide bonds. The molecule has 5 heteroatoms. The van der Waals surface area contributed by atoms with Crippen molar-refractivity contribution in [2.45, 2.75) is 37.5 Å². The normalized spacial score (nSPS) is 16.1. The number of fused-ring (bicyclic) bond motifs is 3. The average molecular weight is 470 g/mol. The molecule has 0 aromatic heterocycles. The van der Waals surface area contributed by atoms with Gasteiger partial charge in [-0.2, -0.15) is 0 Å². The Bertz CT molecular complexity index is 1370. The first-order valence-electron chi connectivity index (χ1n) is 11.8. The van der Waals surface area contributed by atoms with Crippen LogP contribution in [0.2, 0.25) is 0 Å². The average Bonchev–Trinajstić information content (AvgIpc) is 3.18. The fourth-order valence-corrected chi connectivity index (χ4v) is 6.34. The van der Waals surface area contributed by atoms with E-state index in [2.05, 4.69) is 24.3 Å². The predicted molar refractivity (Wildman–Crippen MR) is 136 cm³/mol. The van der Waals surface area contributed by atoms with E-state index in [1.807, 2.05) is 31.2 Å². The van der Waals surface area contributed by atoms with Crippen molar-refractivity contribution in [3.63, 3.8) is 0 Å². The molecule has 0 radical (unpaired) electrons. The van der Waals surface area contributed by atoms with Gasteiger partial charge in [0.1, 0.15) is 5.75 Å². The molecule has 3 aromatic rings. The van der Waals surface area contributed by atoms with E-state index >= 15 is 0 Å². The molecular formula is C29H27NO3S. The molecule has 1 unspecified atom stereocenters. The minimum absolute atomic E-state index is 0.188. The van der Waals surface area contributed by atoms with E-state index in [1.54, 1.807) is 30.3 Å². The highest BCUT2D eigenvalue weighted by molar-refractivity contribution is 7.92. The van der Waals surface area contributed by atoms with Crippen LogP contribution in [0.4, 0.5) is 0 Å². The van der Waals surface area contributed by atoms with Crippen LogP contribution in [0.3, 0.4) is 0 Å². The van der Waals surface area contributed by atoms with Crippen LogP contribution in [0.5, 0.6) is 0 Å². The van der Waals surface area contributed by atoms with Gasteiger partial charge in [0.05, 0.1) is 10.6 Å². The molecular weight excluding hydrogens is 442 g/mol. The molecule has 2 aliphatic rings. The SMILES string of the molecule is CC(C(=O)CS(=O)(=O)c1ccccc1)C1=C(N=C2c3ccccc3-c3ccccc32)CCCC1. The number of nitrogens with zero attached hydrogens (tertiary/aromatic N) is 1.